The first kappa shape index (κ1) is 54.5. The maximum Gasteiger partial charge on any atom is 0.115 e. The summed E-state index contributed by atoms with van der Waals surface area (Å²) in [4.78, 5) is 3.89. The quantitative estimate of drug-likeness (QED) is 0.194. The van der Waals surface area contributed by atoms with Gasteiger partial charge in [0.25, 0.3) is 0 Å². The fourth-order valence-electron chi connectivity index (χ4n) is 12.2. The molecule has 2 nitrogen and oxygen atoms in total. The van der Waals surface area contributed by atoms with E-state index in [9.17, 15) is 0 Å². The molecule has 0 saturated carbocycles. The molecule has 83 heavy (non-hydrogen) atoms. The Bertz CT molecular complexity index is 4610. The smallest absolute Gasteiger partial charge is 0.115 e. The summed E-state index contributed by atoms with van der Waals surface area (Å²) in [6, 6.07) is 66.1. The minimum Gasteiger partial charge on any atom is -0.310 e. The average molecular weight is 1040 g/mol. The van der Waals surface area contributed by atoms with Crippen LogP contribution in [0.25, 0.3) is 88.4 Å². The number of benzene rings is 11. The molecule has 0 saturated heterocycles. The van der Waals surface area contributed by atoms with Crippen LogP contribution in [-0.2, 0) is 0 Å². The van der Waals surface area contributed by atoms with Gasteiger partial charge in [0.2, 0.25) is 0 Å². The lowest BCUT2D eigenvalue weighted by Gasteiger charge is -2.43. The fraction of sp³-hybridized carbons (Fsp3) is 0. The van der Waals surface area contributed by atoms with Crippen molar-refractivity contribution in [3.8, 4) is 44.8 Å². The monoisotopic (exact) mass is 1040 g/mol. The highest BCUT2D eigenvalue weighted by molar-refractivity contribution is 8.34. The summed E-state index contributed by atoms with van der Waals surface area (Å²) in [5.74, 6) is 0. The molecule has 2 aromatic heterocycles. The molecule has 0 fully saturated rings. The molecule has 0 aliphatic heterocycles. The van der Waals surface area contributed by atoms with Crippen LogP contribution in [0.2, 0.25) is 0 Å². The van der Waals surface area contributed by atoms with Crippen molar-refractivity contribution in [2.75, 3.05) is 0 Å². The van der Waals surface area contributed by atoms with Crippen molar-refractivity contribution in [3.63, 3.8) is 0 Å². The molecule has 11 aromatic carbocycles. The van der Waals surface area contributed by atoms with E-state index < -0.39 is 10.0 Å². The Labute approximate surface area is 504 Å². The van der Waals surface area contributed by atoms with E-state index in [1.165, 1.54) is 0 Å². The summed E-state index contributed by atoms with van der Waals surface area (Å²) in [5.41, 5.74) is 10.0. The molecule has 0 bridgehead atoms. The number of rotatable bonds is 9. The van der Waals surface area contributed by atoms with Crippen LogP contribution in [0.3, 0.4) is 0 Å². The van der Waals surface area contributed by atoms with Gasteiger partial charge in [-0.05, 0) is 113 Å². The topological polar surface area (TPSA) is 9.86 Å². The van der Waals surface area contributed by atoms with E-state index in [1.807, 2.05) is 103 Å². The van der Waals surface area contributed by atoms with Gasteiger partial charge in [-0.25, -0.2) is 0 Å². The molecule has 0 amide bonds. The highest BCUT2D eigenvalue weighted by Gasteiger charge is 2.36. The van der Waals surface area contributed by atoms with Gasteiger partial charge < -0.3 is 9.13 Å². The summed E-state index contributed by atoms with van der Waals surface area (Å²) >= 11 is 0. The minimum absolute atomic E-state index is 0.0557. The zero-order valence-corrected chi connectivity index (χ0v) is 45.7. The van der Waals surface area contributed by atoms with E-state index in [-0.39, 0.29) is 65.6 Å². The zero-order chi connectivity index (χ0) is 57.9. The number of hydrogen-bond acceptors (Lipinski definition) is 0. The van der Waals surface area contributed by atoms with Gasteiger partial charge in [0.15, 0.2) is 0 Å². The first-order valence-electron chi connectivity index (χ1n) is 26.6. The van der Waals surface area contributed by atoms with Gasteiger partial charge >= 0.3 is 0 Å². The van der Waals surface area contributed by atoms with Crippen molar-refractivity contribution in [1.29, 1.82) is 0 Å². The summed E-state index contributed by atoms with van der Waals surface area (Å²) in [7, 11) is 94.0. The molecule has 28 radical (unpaired) electrons. The van der Waals surface area contributed by atoms with Gasteiger partial charge in [-0.15, -0.1) is 53.7 Å². The van der Waals surface area contributed by atoms with Crippen LogP contribution in [0.1, 0.15) is 0 Å². The first-order chi connectivity index (χ1) is 40.1. The molecule has 0 N–H and O–H groups in total. The Hall–Kier alpha value is -7.72. The summed E-state index contributed by atoms with van der Waals surface area (Å²) in [6.07, 6.45) is 0. The number of aromatic nitrogens is 2. The highest BCUT2D eigenvalue weighted by atomic mass is 32.3. The molecular weight excluding hydrogens is 1000 g/mol. The van der Waals surface area contributed by atoms with E-state index >= 15 is 0 Å². The van der Waals surface area contributed by atoms with Gasteiger partial charge in [-0.3, -0.25) is 0 Å². The lowest BCUT2D eigenvalue weighted by Crippen LogP contribution is -2.55. The first-order valence-corrected chi connectivity index (χ1v) is 28.2. The van der Waals surface area contributed by atoms with Crippen molar-refractivity contribution in [2.45, 2.75) is 19.6 Å². The van der Waals surface area contributed by atoms with Crippen molar-refractivity contribution >= 4 is 240 Å². The van der Waals surface area contributed by atoms with Gasteiger partial charge in [0.05, 0.1) is 22.2 Å². The van der Waals surface area contributed by atoms with E-state index in [2.05, 4.69) is 100 Å². The number of hydrogen-bond donors (Lipinski definition) is 0. The Balaban J connectivity index is 1.17. The SMILES string of the molecule is [B]c1c([B])c([B])c(-c2cc(S(c3ccccc3)(c3ccccc3)c3ccccc3)cc(-c3c([B])c([B])c([B])c([B])c3[B])c2-n2c3ccccc3c3cc(-c4cccc(-n5c6ccccc6c6c([B])c([B])c([B])c([B])c65)c4)ccc32)c([B])c1[B]. The molecule has 2 heterocycles. The molecule has 354 valence electrons. The lowest BCUT2D eigenvalue weighted by atomic mass is 9.58. The molecule has 0 aliphatic carbocycles. The summed E-state index contributed by atoms with van der Waals surface area (Å²) < 4.78 is 4.24. The molecule has 13 aromatic rings. The van der Waals surface area contributed by atoms with E-state index in [0.717, 1.165) is 74.5 Å². The maximum absolute atomic E-state index is 7.29. The molecule has 0 aliphatic rings. The summed E-state index contributed by atoms with van der Waals surface area (Å²) in [5, 5.41) is 3.42. The van der Waals surface area contributed by atoms with Crippen molar-refractivity contribution in [3.05, 3.63) is 194 Å². The van der Waals surface area contributed by atoms with Crippen molar-refractivity contribution in [2.24, 2.45) is 0 Å². The predicted octanol–water partition coefficient (Wildman–Crippen LogP) is 1.34. The number of fused-ring (bicyclic) bond motifs is 6. The average Bonchev–Trinajstić information content (AvgIpc) is 1.98. The second kappa shape index (κ2) is 20.9. The third-order valence-corrected chi connectivity index (χ3v) is 20.1. The second-order valence-corrected chi connectivity index (χ2v) is 23.8. The second-order valence-electron chi connectivity index (χ2n) is 20.7. The Kier molecular flexibility index (Phi) is 13.7. The van der Waals surface area contributed by atoms with E-state index in [1.54, 1.807) is 0 Å². The van der Waals surface area contributed by atoms with Crippen LogP contribution in [-0.4, -0.2) is 119 Å². The van der Waals surface area contributed by atoms with Gasteiger partial charge in [-0.2, -0.15) is 0 Å². The largest absolute Gasteiger partial charge is 0.310 e. The van der Waals surface area contributed by atoms with Crippen molar-refractivity contribution in [1.82, 2.24) is 9.13 Å². The lowest BCUT2D eigenvalue weighted by molar-refractivity contribution is 1.17. The number of para-hydroxylation sites is 2. The third-order valence-electron chi connectivity index (χ3n) is 16.3. The van der Waals surface area contributed by atoms with Crippen LogP contribution >= 0.6 is 10.0 Å². The minimum atomic E-state index is -2.51. The van der Waals surface area contributed by atoms with Crippen LogP contribution in [0.4, 0.5) is 0 Å². The normalized spacial score (nSPS) is 12.0. The molecular formula is C66H32B14N2S. The Morgan fingerprint density at radius 2 is 0.663 bits per heavy atom. The van der Waals surface area contributed by atoms with Crippen LogP contribution in [0, 0.1) is 0 Å². The molecule has 17 heteroatoms. The van der Waals surface area contributed by atoms with Crippen LogP contribution in [0.15, 0.2) is 214 Å². The van der Waals surface area contributed by atoms with Gasteiger partial charge in [0.1, 0.15) is 110 Å². The maximum atomic E-state index is 7.29. The Morgan fingerprint density at radius 3 is 1.17 bits per heavy atom. The Morgan fingerprint density at radius 1 is 0.265 bits per heavy atom. The molecule has 0 atom stereocenters. The fourth-order valence-corrected chi connectivity index (χ4v) is 16.1. The van der Waals surface area contributed by atoms with Crippen LogP contribution < -0.4 is 76.5 Å². The van der Waals surface area contributed by atoms with Gasteiger partial charge in [0, 0.05) is 58.1 Å². The van der Waals surface area contributed by atoms with E-state index in [4.69, 9.17) is 110 Å². The number of nitrogens with zero attached hydrogens (tertiary/aromatic N) is 2. The van der Waals surface area contributed by atoms with E-state index in [0.29, 0.717) is 44.4 Å². The van der Waals surface area contributed by atoms with Crippen molar-refractivity contribution < 1.29 is 0 Å². The standard InChI is InChI=1S/C66H32B14N2S/c67-51-48(52(68)57(73)61(77)56(51)72)43-31-39(83(36-17-4-1-5-18-36,37-19-6-2-7-20-37)38-21-8-3-9-22-38)32-44(49-53(69)58(74)62(78)59(75)54(49)70)65(43)82-45-25-12-10-23-40(45)42-30-34(27-28-47(42)82)33-15-14-16-35(29-33)81-46-26-13-11-24-41(46)50-55(71)60(76)63(79)64(80)66(50)81/h1-32H. The predicted molar refractivity (Wildman–Crippen MR) is 367 cm³/mol. The zero-order valence-electron chi connectivity index (χ0n) is 44.9. The van der Waals surface area contributed by atoms with Crippen LogP contribution in [0.5, 0.6) is 0 Å². The third kappa shape index (κ3) is 8.22. The molecule has 13 rings (SSSR count). The molecule has 0 unspecified atom stereocenters. The summed E-state index contributed by atoms with van der Waals surface area (Å²) in [6.45, 7) is 0. The van der Waals surface area contributed by atoms with Gasteiger partial charge in [-0.1, -0.05) is 142 Å². The highest BCUT2D eigenvalue weighted by Crippen LogP contribution is 2.74. The molecule has 0 spiro atoms.